The van der Waals surface area contributed by atoms with Gasteiger partial charge in [-0.15, -0.1) is 0 Å². The third-order valence-electron chi connectivity index (χ3n) is 4.36. The Morgan fingerprint density at radius 1 is 0.957 bits per heavy atom. The second-order valence-electron chi connectivity index (χ2n) is 6.67. The van der Waals surface area contributed by atoms with Gasteiger partial charge < -0.3 is 10.6 Å². The van der Waals surface area contributed by atoms with Gasteiger partial charge in [-0.05, 0) is 38.8 Å². The van der Waals surface area contributed by atoms with Crippen LogP contribution in [0.15, 0.2) is 18.2 Å². The van der Waals surface area contributed by atoms with Gasteiger partial charge >= 0.3 is 0 Å². The van der Waals surface area contributed by atoms with Crippen LogP contribution in [0.4, 0.5) is 0 Å². The van der Waals surface area contributed by atoms with Crippen molar-refractivity contribution in [3.05, 3.63) is 34.9 Å². The number of carbonyl (C=O) groups is 2. The molecule has 0 heterocycles. The van der Waals surface area contributed by atoms with Crippen LogP contribution in [0.5, 0.6) is 0 Å². The average Bonchev–Trinajstić information content (AvgIpc) is 2.46. The van der Waals surface area contributed by atoms with E-state index in [0.717, 1.165) is 24.0 Å². The molecule has 23 heavy (non-hydrogen) atoms. The lowest BCUT2D eigenvalue weighted by molar-refractivity contribution is -0.120. The van der Waals surface area contributed by atoms with Crippen LogP contribution in [-0.4, -0.2) is 24.4 Å². The molecule has 126 valence electrons. The van der Waals surface area contributed by atoms with E-state index in [4.69, 9.17) is 0 Å². The van der Waals surface area contributed by atoms with E-state index in [-0.39, 0.29) is 24.4 Å². The minimum absolute atomic E-state index is 0.0440. The topological polar surface area (TPSA) is 58.2 Å². The molecular weight excluding hydrogens is 288 g/mol. The molecule has 1 aromatic carbocycles. The average molecular weight is 316 g/mol. The molecule has 1 saturated carbocycles. The zero-order valence-corrected chi connectivity index (χ0v) is 14.3. The highest BCUT2D eigenvalue weighted by Gasteiger charge is 2.15. The van der Waals surface area contributed by atoms with Crippen LogP contribution in [0, 0.1) is 13.8 Å². The molecule has 1 aliphatic carbocycles. The van der Waals surface area contributed by atoms with Crippen LogP contribution in [0.25, 0.3) is 0 Å². The Morgan fingerprint density at radius 2 is 1.52 bits per heavy atom. The predicted molar refractivity (Wildman–Crippen MR) is 92.5 cm³/mol. The lowest BCUT2D eigenvalue weighted by Crippen LogP contribution is -2.42. The normalized spacial score (nSPS) is 16.3. The van der Waals surface area contributed by atoms with Crippen LogP contribution in [0.3, 0.4) is 0 Å². The maximum absolute atomic E-state index is 12.2. The molecule has 2 amide bonds. The Morgan fingerprint density at radius 3 is 2.13 bits per heavy atom. The maximum atomic E-state index is 12.2. The number of benzene rings is 1. The van der Waals surface area contributed by atoms with Gasteiger partial charge in [-0.25, -0.2) is 0 Å². The molecule has 4 heteroatoms. The summed E-state index contributed by atoms with van der Waals surface area (Å²) in [6.45, 7) is 3.97. The number of nitrogens with one attached hydrogen (secondary N) is 2. The van der Waals surface area contributed by atoms with Gasteiger partial charge in [0.1, 0.15) is 0 Å². The zero-order valence-electron chi connectivity index (χ0n) is 14.3. The molecule has 1 aliphatic rings. The lowest BCUT2D eigenvalue weighted by Gasteiger charge is -2.21. The number of hydrogen-bond acceptors (Lipinski definition) is 2. The first-order chi connectivity index (χ1) is 11.0. The summed E-state index contributed by atoms with van der Waals surface area (Å²) in [7, 11) is 0. The second-order valence-corrected chi connectivity index (χ2v) is 6.67. The molecule has 0 spiro atoms. The van der Waals surface area contributed by atoms with Gasteiger partial charge in [0.05, 0.1) is 6.54 Å². The summed E-state index contributed by atoms with van der Waals surface area (Å²) >= 11 is 0. The molecule has 0 aromatic heterocycles. The third kappa shape index (κ3) is 6.05. The van der Waals surface area contributed by atoms with E-state index >= 15 is 0 Å². The van der Waals surface area contributed by atoms with Gasteiger partial charge in [0.2, 0.25) is 5.91 Å². The first-order valence-electron chi connectivity index (χ1n) is 8.70. The summed E-state index contributed by atoms with van der Waals surface area (Å²) in [5.41, 5.74) is 2.71. The van der Waals surface area contributed by atoms with E-state index in [2.05, 4.69) is 10.6 Å². The Hall–Kier alpha value is -1.84. The molecule has 2 N–H and O–H groups in total. The first-order valence-corrected chi connectivity index (χ1v) is 8.70. The van der Waals surface area contributed by atoms with Gasteiger partial charge in [-0.3, -0.25) is 9.59 Å². The van der Waals surface area contributed by atoms with Crippen molar-refractivity contribution in [1.82, 2.24) is 10.6 Å². The van der Waals surface area contributed by atoms with Crippen LogP contribution in [0.1, 0.15) is 66.4 Å². The van der Waals surface area contributed by atoms with E-state index in [1.54, 1.807) is 0 Å². The largest absolute Gasteiger partial charge is 0.352 e. The van der Waals surface area contributed by atoms with Gasteiger partial charge in [-0.2, -0.15) is 0 Å². The van der Waals surface area contributed by atoms with Crippen molar-refractivity contribution < 1.29 is 9.59 Å². The monoisotopic (exact) mass is 316 g/mol. The summed E-state index contributed by atoms with van der Waals surface area (Å²) in [5, 5.41) is 5.78. The summed E-state index contributed by atoms with van der Waals surface area (Å²) in [5.74, 6) is -0.280. The fourth-order valence-corrected chi connectivity index (χ4v) is 3.25. The molecule has 0 bridgehead atoms. The summed E-state index contributed by atoms with van der Waals surface area (Å²) < 4.78 is 0. The fraction of sp³-hybridized carbons (Fsp3) is 0.579. The highest BCUT2D eigenvalue weighted by Crippen LogP contribution is 2.17. The lowest BCUT2D eigenvalue weighted by atomic mass is 9.97. The van der Waals surface area contributed by atoms with Crippen molar-refractivity contribution in [3.8, 4) is 0 Å². The molecule has 0 atom stereocenters. The SMILES string of the molecule is Cc1cc(C)cc(C(=O)NCC(=O)NC2CCCCCCC2)c1. The molecule has 0 radical (unpaired) electrons. The van der Waals surface area contributed by atoms with E-state index in [0.29, 0.717) is 5.56 Å². The number of amides is 2. The van der Waals surface area contributed by atoms with Crippen molar-refractivity contribution in [3.63, 3.8) is 0 Å². The van der Waals surface area contributed by atoms with Crippen molar-refractivity contribution >= 4 is 11.8 Å². The highest BCUT2D eigenvalue weighted by atomic mass is 16.2. The molecule has 0 unspecified atom stereocenters. The standard InChI is InChI=1S/C19H28N2O2/c1-14-10-15(2)12-16(11-14)19(23)20-13-18(22)21-17-8-6-4-3-5-7-9-17/h10-12,17H,3-9,13H2,1-2H3,(H,20,23)(H,21,22). The van der Waals surface area contributed by atoms with E-state index in [9.17, 15) is 9.59 Å². The first kappa shape index (κ1) is 17.5. The number of aryl methyl sites for hydroxylation is 2. The van der Waals surface area contributed by atoms with Crippen LogP contribution < -0.4 is 10.6 Å². The molecule has 4 nitrogen and oxygen atoms in total. The predicted octanol–water partition coefficient (Wildman–Crippen LogP) is 3.26. The van der Waals surface area contributed by atoms with Gasteiger partial charge in [0.15, 0.2) is 0 Å². The Labute approximate surface area is 139 Å². The summed E-state index contributed by atoms with van der Waals surface area (Å²) in [4.78, 5) is 24.2. The fourth-order valence-electron chi connectivity index (χ4n) is 3.25. The quantitative estimate of drug-likeness (QED) is 0.896. The molecule has 0 saturated heterocycles. The van der Waals surface area contributed by atoms with E-state index in [1.165, 1.54) is 32.1 Å². The Bertz CT molecular complexity index is 526. The maximum Gasteiger partial charge on any atom is 0.251 e. The second kappa shape index (κ2) is 8.70. The van der Waals surface area contributed by atoms with Crippen LogP contribution in [-0.2, 0) is 4.79 Å². The Kier molecular flexibility index (Phi) is 6.63. The van der Waals surface area contributed by atoms with E-state index in [1.807, 2.05) is 32.0 Å². The van der Waals surface area contributed by atoms with Gasteiger partial charge in [0.25, 0.3) is 5.91 Å². The van der Waals surface area contributed by atoms with Gasteiger partial charge in [-0.1, -0.05) is 49.3 Å². The highest BCUT2D eigenvalue weighted by molar-refractivity contribution is 5.96. The molecular formula is C19H28N2O2. The molecule has 0 aliphatic heterocycles. The zero-order chi connectivity index (χ0) is 16.7. The van der Waals surface area contributed by atoms with E-state index < -0.39 is 0 Å². The molecule has 1 aromatic rings. The molecule has 1 fully saturated rings. The molecule has 2 rings (SSSR count). The minimum atomic E-state index is -0.190. The van der Waals surface area contributed by atoms with Gasteiger partial charge in [0, 0.05) is 11.6 Å². The number of hydrogen-bond donors (Lipinski definition) is 2. The van der Waals surface area contributed by atoms with Crippen molar-refractivity contribution in [2.45, 2.75) is 64.8 Å². The van der Waals surface area contributed by atoms with Crippen molar-refractivity contribution in [2.24, 2.45) is 0 Å². The van der Waals surface area contributed by atoms with Crippen LogP contribution >= 0.6 is 0 Å². The summed E-state index contributed by atoms with van der Waals surface area (Å²) in [6, 6.07) is 5.98. The Balaban J connectivity index is 1.79. The number of carbonyl (C=O) groups excluding carboxylic acids is 2. The number of rotatable bonds is 4. The van der Waals surface area contributed by atoms with Crippen molar-refractivity contribution in [2.75, 3.05) is 6.54 Å². The van der Waals surface area contributed by atoms with Crippen LogP contribution in [0.2, 0.25) is 0 Å². The minimum Gasteiger partial charge on any atom is -0.352 e. The smallest absolute Gasteiger partial charge is 0.251 e. The van der Waals surface area contributed by atoms with Crippen molar-refractivity contribution in [1.29, 1.82) is 0 Å². The third-order valence-corrected chi connectivity index (χ3v) is 4.36. The summed E-state index contributed by atoms with van der Waals surface area (Å²) in [6.07, 6.45) is 8.30.